The van der Waals surface area contributed by atoms with Crippen LogP contribution < -0.4 is 0 Å². The van der Waals surface area contributed by atoms with Crippen molar-refractivity contribution in [2.75, 3.05) is 26.4 Å². The van der Waals surface area contributed by atoms with E-state index in [4.69, 9.17) is 14.2 Å². The second-order valence-corrected chi connectivity index (χ2v) is 5.13. The molecular formula is C13H28O4. The van der Waals surface area contributed by atoms with Crippen molar-refractivity contribution in [1.29, 1.82) is 0 Å². The summed E-state index contributed by atoms with van der Waals surface area (Å²) < 4.78 is 16.5. The maximum atomic E-state index is 9.23. The molecule has 0 fully saturated rings. The normalized spacial score (nSPS) is 15.5. The van der Waals surface area contributed by atoms with Crippen molar-refractivity contribution in [3.05, 3.63) is 0 Å². The van der Waals surface area contributed by atoms with Crippen LogP contribution in [0, 0.1) is 5.92 Å². The molecule has 4 heteroatoms. The fourth-order valence-corrected chi connectivity index (χ4v) is 1.38. The fourth-order valence-electron chi connectivity index (χ4n) is 1.38. The molecule has 0 aliphatic rings. The highest BCUT2D eigenvalue weighted by molar-refractivity contribution is 4.62. The number of aliphatic hydroxyl groups excluding tert-OH is 1. The minimum Gasteiger partial charge on any atom is -0.391 e. The molecule has 1 atom stereocenters. The smallest absolute Gasteiger partial charge is 0.188 e. The molecule has 0 aliphatic carbocycles. The Hall–Kier alpha value is -0.160. The topological polar surface area (TPSA) is 47.9 Å². The third-order valence-corrected chi connectivity index (χ3v) is 2.06. The van der Waals surface area contributed by atoms with Crippen LogP contribution in [-0.2, 0) is 14.2 Å². The Morgan fingerprint density at radius 1 is 1.12 bits per heavy atom. The molecular weight excluding hydrogens is 220 g/mol. The maximum Gasteiger partial charge on any atom is 0.188 e. The van der Waals surface area contributed by atoms with Gasteiger partial charge in [0.15, 0.2) is 5.79 Å². The predicted molar refractivity (Wildman–Crippen MR) is 67.9 cm³/mol. The molecule has 0 aromatic heterocycles. The van der Waals surface area contributed by atoms with Crippen LogP contribution in [0.2, 0.25) is 0 Å². The van der Waals surface area contributed by atoms with Crippen molar-refractivity contribution < 1.29 is 19.3 Å². The first-order valence-corrected chi connectivity index (χ1v) is 6.40. The molecule has 0 aromatic carbocycles. The van der Waals surface area contributed by atoms with Crippen LogP contribution in [0.5, 0.6) is 0 Å². The molecule has 0 aromatic rings. The lowest BCUT2D eigenvalue weighted by Gasteiger charge is -2.30. The lowest BCUT2D eigenvalue weighted by atomic mass is 10.2. The van der Waals surface area contributed by atoms with Crippen LogP contribution >= 0.6 is 0 Å². The molecule has 17 heavy (non-hydrogen) atoms. The van der Waals surface area contributed by atoms with Gasteiger partial charge in [0.25, 0.3) is 0 Å². The van der Waals surface area contributed by atoms with Gasteiger partial charge in [-0.3, -0.25) is 0 Å². The van der Waals surface area contributed by atoms with Gasteiger partial charge in [-0.05, 0) is 33.1 Å². The molecule has 4 nitrogen and oxygen atoms in total. The number of hydrogen-bond donors (Lipinski definition) is 1. The SMILES string of the molecule is CC(C)COCCCOC(C)(CO)OC(C)C. The Labute approximate surface area is 105 Å². The first-order chi connectivity index (χ1) is 7.89. The van der Waals surface area contributed by atoms with Crippen LogP contribution in [-0.4, -0.2) is 43.4 Å². The van der Waals surface area contributed by atoms with E-state index in [1.807, 2.05) is 13.8 Å². The Morgan fingerprint density at radius 3 is 2.24 bits per heavy atom. The van der Waals surface area contributed by atoms with E-state index in [-0.39, 0.29) is 12.7 Å². The van der Waals surface area contributed by atoms with E-state index >= 15 is 0 Å². The zero-order valence-corrected chi connectivity index (χ0v) is 11.9. The average molecular weight is 248 g/mol. The van der Waals surface area contributed by atoms with Crippen LogP contribution in [0.25, 0.3) is 0 Å². The van der Waals surface area contributed by atoms with Crippen molar-refractivity contribution in [1.82, 2.24) is 0 Å². The van der Waals surface area contributed by atoms with Gasteiger partial charge in [0.1, 0.15) is 0 Å². The summed E-state index contributed by atoms with van der Waals surface area (Å²) in [5.74, 6) is -0.338. The van der Waals surface area contributed by atoms with Gasteiger partial charge in [0, 0.05) is 13.2 Å². The van der Waals surface area contributed by atoms with E-state index in [0.29, 0.717) is 19.1 Å². The Kier molecular flexibility index (Phi) is 8.78. The van der Waals surface area contributed by atoms with Gasteiger partial charge < -0.3 is 19.3 Å². The summed E-state index contributed by atoms with van der Waals surface area (Å²) in [5.41, 5.74) is 0. The lowest BCUT2D eigenvalue weighted by Crippen LogP contribution is -2.39. The molecule has 104 valence electrons. The number of hydrogen-bond acceptors (Lipinski definition) is 4. The number of rotatable bonds is 10. The molecule has 1 unspecified atom stereocenters. The molecule has 0 heterocycles. The molecule has 0 spiro atoms. The predicted octanol–water partition coefficient (Wildman–Crippen LogP) is 2.20. The summed E-state index contributed by atoms with van der Waals surface area (Å²) in [7, 11) is 0. The van der Waals surface area contributed by atoms with Crippen LogP contribution in [0.15, 0.2) is 0 Å². The highest BCUT2D eigenvalue weighted by Gasteiger charge is 2.25. The molecule has 0 saturated carbocycles. The van der Waals surface area contributed by atoms with Gasteiger partial charge in [-0.25, -0.2) is 0 Å². The third kappa shape index (κ3) is 9.53. The van der Waals surface area contributed by atoms with Gasteiger partial charge >= 0.3 is 0 Å². The third-order valence-electron chi connectivity index (χ3n) is 2.06. The van der Waals surface area contributed by atoms with Crippen molar-refractivity contribution in [3.8, 4) is 0 Å². The second kappa shape index (κ2) is 8.86. The molecule has 0 saturated heterocycles. The summed E-state index contributed by atoms with van der Waals surface area (Å²) in [5, 5.41) is 9.23. The first kappa shape index (κ1) is 16.8. The van der Waals surface area contributed by atoms with Crippen molar-refractivity contribution >= 4 is 0 Å². The molecule has 0 bridgehead atoms. The van der Waals surface area contributed by atoms with Crippen molar-refractivity contribution in [3.63, 3.8) is 0 Å². The van der Waals surface area contributed by atoms with Crippen molar-refractivity contribution in [2.24, 2.45) is 5.92 Å². The monoisotopic (exact) mass is 248 g/mol. The summed E-state index contributed by atoms with van der Waals surface area (Å²) in [4.78, 5) is 0. The van der Waals surface area contributed by atoms with E-state index in [2.05, 4.69) is 13.8 Å². The van der Waals surface area contributed by atoms with E-state index in [1.165, 1.54) is 0 Å². The standard InChI is InChI=1S/C13H28O4/c1-11(2)9-15-7-6-8-16-13(5,10-14)17-12(3)4/h11-12,14H,6-10H2,1-5H3. The largest absolute Gasteiger partial charge is 0.391 e. The molecule has 0 amide bonds. The number of aliphatic hydroxyl groups is 1. The summed E-state index contributed by atoms with van der Waals surface area (Å²) in [6.45, 7) is 11.7. The zero-order valence-electron chi connectivity index (χ0n) is 11.9. The maximum absolute atomic E-state index is 9.23. The molecule has 0 rings (SSSR count). The zero-order chi connectivity index (χ0) is 13.3. The first-order valence-electron chi connectivity index (χ1n) is 6.40. The molecule has 1 N–H and O–H groups in total. The molecule has 0 radical (unpaired) electrons. The minimum atomic E-state index is -0.897. The number of ether oxygens (including phenoxy) is 3. The highest BCUT2D eigenvalue weighted by Crippen LogP contribution is 2.14. The van der Waals surface area contributed by atoms with E-state index in [9.17, 15) is 5.11 Å². The van der Waals surface area contributed by atoms with Gasteiger partial charge in [-0.1, -0.05) is 13.8 Å². The van der Waals surface area contributed by atoms with Crippen LogP contribution in [0.3, 0.4) is 0 Å². The van der Waals surface area contributed by atoms with E-state index < -0.39 is 5.79 Å². The van der Waals surface area contributed by atoms with Gasteiger partial charge in [-0.15, -0.1) is 0 Å². The van der Waals surface area contributed by atoms with E-state index in [0.717, 1.165) is 13.0 Å². The molecule has 0 aliphatic heterocycles. The minimum absolute atomic E-state index is 0.0318. The Morgan fingerprint density at radius 2 is 1.76 bits per heavy atom. The van der Waals surface area contributed by atoms with E-state index in [1.54, 1.807) is 6.92 Å². The Balaban J connectivity index is 3.62. The van der Waals surface area contributed by atoms with Crippen LogP contribution in [0.4, 0.5) is 0 Å². The summed E-state index contributed by atoms with van der Waals surface area (Å²) in [6.07, 6.45) is 0.841. The fraction of sp³-hybridized carbons (Fsp3) is 1.00. The Bertz CT molecular complexity index is 182. The van der Waals surface area contributed by atoms with Gasteiger partial charge in [-0.2, -0.15) is 0 Å². The van der Waals surface area contributed by atoms with Crippen molar-refractivity contribution in [2.45, 2.75) is 52.9 Å². The van der Waals surface area contributed by atoms with Gasteiger partial charge in [0.05, 0.1) is 19.3 Å². The summed E-state index contributed by atoms with van der Waals surface area (Å²) in [6, 6.07) is 0. The van der Waals surface area contributed by atoms with Gasteiger partial charge in [0.2, 0.25) is 0 Å². The van der Waals surface area contributed by atoms with Crippen LogP contribution in [0.1, 0.15) is 41.0 Å². The quantitative estimate of drug-likeness (QED) is 0.475. The second-order valence-electron chi connectivity index (χ2n) is 5.13. The highest BCUT2D eigenvalue weighted by atomic mass is 16.7. The lowest BCUT2D eigenvalue weighted by molar-refractivity contribution is -0.259. The average Bonchev–Trinajstić information content (AvgIpc) is 2.22. The summed E-state index contributed by atoms with van der Waals surface area (Å²) >= 11 is 0.